The predicted molar refractivity (Wildman–Crippen MR) is 47.2 cm³/mol. The summed E-state index contributed by atoms with van der Waals surface area (Å²) in [6, 6.07) is 0. The Morgan fingerprint density at radius 1 is 1.50 bits per heavy atom. The molecular weight excluding hydrogens is 227 g/mol. The molecule has 0 aliphatic heterocycles. The van der Waals surface area contributed by atoms with E-state index in [1.807, 2.05) is 0 Å². The van der Waals surface area contributed by atoms with Crippen molar-refractivity contribution in [2.45, 2.75) is 12.6 Å². The Morgan fingerprint density at radius 3 is 2.69 bits per heavy atom. The van der Waals surface area contributed by atoms with E-state index in [9.17, 15) is 18.0 Å². The van der Waals surface area contributed by atoms with Crippen LogP contribution in [0.5, 0.6) is 0 Å². The number of hydrogen-bond donors (Lipinski definition) is 1. The van der Waals surface area contributed by atoms with Gasteiger partial charge in [-0.2, -0.15) is 13.2 Å². The lowest BCUT2D eigenvalue weighted by atomic mass is 10.3. The van der Waals surface area contributed by atoms with Crippen molar-refractivity contribution in [1.29, 1.82) is 0 Å². The molecule has 0 aromatic carbocycles. The summed E-state index contributed by atoms with van der Waals surface area (Å²) in [7, 11) is 0. The lowest BCUT2D eigenvalue weighted by molar-refractivity contribution is -0.141. The highest BCUT2D eigenvalue weighted by molar-refractivity contribution is 5.38. The SMILES string of the molecule is Nc1nc(C(F)(F)F)cnc1CCOC=O. The molecule has 16 heavy (non-hydrogen) atoms. The first-order valence-corrected chi connectivity index (χ1v) is 4.19. The van der Waals surface area contributed by atoms with Gasteiger partial charge in [-0.15, -0.1) is 0 Å². The Balaban J connectivity index is 2.79. The zero-order chi connectivity index (χ0) is 12.2. The predicted octanol–water partition coefficient (Wildman–Crippen LogP) is 0.793. The van der Waals surface area contributed by atoms with Gasteiger partial charge in [-0.25, -0.2) is 4.98 Å². The molecule has 88 valence electrons. The van der Waals surface area contributed by atoms with Crippen LogP contribution in [0.3, 0.4) is 0 Å². The molecule has 0 unspecified atom stereocenters. The number of nitrogens with two attached hydrogens (primary N) is 1. The third-order valence-electron chi connectivity index (χ3n) is 1.69. The molecular formula is C8H8F3N3O2. The number of carbonyl (C=O) groups excluding carboxylic acids is 1. The van der Waals surface area contributed by atoms with Gasteiger partial charge in [0, 0.05) is 6.42 Å². The van der Waals surface area contributed by atoms with Gasteiger partial charge in [0.25, 0.3) is 6.47 Å². The molecule has 0 spiro atoms. The molecule has 8 heteroatoms. The number of carbonyl (C=O) groups is 1. The van der Waals surface area contributed by atoms with Crippen molar-refractivity contribution in [3.63, 3.8) is 0 Å². The topological polar surface area (TPSA) is 78.1 Å². The number of alkyl halides is 3. The van der Waals surface area contributed by atoms with Gasteiger partial charge in [-0.05, 0) is 0 Å². The summed E-state index contributed by atoms with van der Waals surface area (Å²) in [5, 5.41) is 0. The number of rotatable bonds is 4. The maximum Gasteiger partial charge on any atom is 0.434 e. The number of anilines is 1. The van der Waals surface area contributed by atoms with E-state index in [4.69, 9.17) is 5.73 Å². The quantitative estimate of drug-likeness (QED) is 0.616. The highest BCUT2D eigenvalue weighted by atomic mass is 19.4. The molecule has 0 aliphatic carbocycles. The number of nitrogens with zero attached hydrogens (tertiary/aromatic N) is 2. The summed E-state index contributed by atoms with van der Waals surface area (Å²) in [6.45, 7) is 0.224. The van der Waals surface area contributed by atoms with Crippen LogP contribution in [0.2, 0.25) is 0 Å². The molecule has 1 aromatic heterocycles. The largest absolute Gasteiger partial charge is 0.467 e. The van der Waals surface area contributed by atoms with Crippen LogP contribution in [0.25, 0.3) is 0 Å². The molecule has 1 rings (SSSR count). The Morgan fingerprint density at radius 2 is 2.19 bits per heavy atom. The van der Waals surface area contributed by atoms with Crippen molar-refractivity contribution in [1.82, 2.24) is 9.97 Å². The Bertz CT molecular complexity index is 381. The number of halogens is 3. The fourth-order valence-electron chi connectivity index (χ4n) is 0.961. The van der Waals surface area contributed by atoms with Crippen LogP contribution in [0, 0.1) is 0 Å². The van der Waals surface area contributed by atoms with Gasteiger partial charge in [0.1, 0.15) is 5.82 Å². The number of ether oxygens (including phenoxy) is 1. The summed E-state index contributed by atoms with van der Waals surface area (Å²) >= 11 is 0. The van der Waals surface area contributed by atoms with Gasteiger partial charge in [-0.3, -0.25) is 9.78 Å². The minimum Gasteiger partial charge on any atom is -0.467 e. The van der Waals surface area contributed by atoms with Gasteiger partial charge in [-0.1, -0.05) is 0 Å². The first kappa shape index (κ1) is 12.2. The molecule has 1 heterocycles. The van der Waals surface area contributed by atoms with E-state index in [-0.39, 0.29) is 31.0 Å². The van der Waals surface area contributed by atoms with Crippen LogP contribution in [0.15, 0.2) is 6.20 Å². The summed E-state index contributed by atoms with van der Waals surface area (Å²) in [5.41, 5.74) is 4.30. The minimum absolute atomic E-state index is 0.00621. The van der Waals surface area contributed by atoms with Crippen LogP contribution in [0.4, 0.5) is 19.0 Å². The lowest BCUT2D eigenvalue weighted by Gasteiger charge is -2.08. The van der Waals surface area contributed by atoms with E-state index < -0.39 is 11.9 Å². The average Bonchev–Trinajstić information content (AvgIpc) is 2.19. The summed E-state index contributed by atoms with van der Waals surface area (Å²) in [6.07, 6.45) is -3.86. The van der Waals surface area contributed by atoms with Crippen LogP contribution >= 0.6 is 0 Å². The number of hydrogen-bond acceptors (Lipinski definition) is 5. The van der Waals surface area contributed by atoms with Crippen molar-refractivity contribution in [3.8, 4) is 0 Å². The van der Waals surface area contributed by atoms with Crippen LogP contribution in [-0.2, 0) is 22.1 Å². The molecule has 2 N–H and O–H groups in total. The summed E-state index contributed by atoms with van der Waals surface area (Å²) < 4.78 is 40.9. The summed E-state index contributed by atoms with van der Waals surface area (Å²) in [5.74, 6) is -0.315. The highest BCUT2D eigenvalue weighted by Crippen LogP contribution is 2.27. The first-order chi connectivity index (χ1) is 7.45. The molecule has 5 nitrogen and oxygen atoms in total. The van der Waals surface area contributed by atoms with Gasteiger partial charge < -0.3 is 10.5 Å². The fraction of sp³-hybridized carbons (Fsp3) is 0.375. The van der Waals surface area contributed by atoms with Crippen molar-refractivity contribution in [3.05, 3.63) is 17.6 Å². The second-order valence-electron chi connectivity index (χ2n) is 2.80. The van der Waals surface area contributed by atoms with E-state index in [0.717, 1.165) is 0 Å². The Labute approximate surface area is 88.4 Å². The molecule has 0 aliphatic rings. The molecule has 1 aromatic rings. The van der Waals surface area contributed by atoms with E-state index in [2.05, 4.69) is 14.7 Å². The lowest BCUT2D eigenvalue weighted by Crippen LogP contribution is -2.13. The standard InChI is InChI=1S/C8H8F3N3O2/c9-8(10,11)6-3-13-5(7(12)14-6)1-2-16-4-15/h3-4H,1-2H2,(H2,12,14). The van der Waals surface area contributed by atoms with Crippen molar-refractivity contribution >= 4 is 12.3 Å². The van der Waals surface area contributed by atoms with Crippen LogP contribution in [-0.4, -0.2) is 23.0 Å². The van der Waals surface area contributed by atoms with Gasteiger partial charge in [0.2, 0.25) is 0 Å². The van der Waals surface area contributed by atoms with Gasteiger partial charge >= 0.3 is 6.18 Å². The zero-order valence-corrected chi connectivity index (χ0v) is 7.99. The maximum absolute atomic E-state index is 12.2. The van der Waals surface area contributed by atoms with Gasteiger partial charge in [0.05, 0.1) is 18.5 Å². The van der Waals surface area contributed by atoms with E-state index in [0.29, 0.717) is 6.20 Å². The second-order valence-corrected chi connectivity index (χ2v) is 2.80. The Kier molecular flexibility index (Phi) is 3.64. The van der Waals surface area contributed by atoms with E-state index >= 15 is 0 Å². The molecule has 0 saturated heterocycles. The molecule has 0 fully saturated rings. The van der Waals surface area contributed by atoms with Crippen molar-refractivity contribution < 1.29 is 22.7 Å². The van der Waals surface area contributed by atoms with Crippen LogP contribution in [0.1, 0.15) is 11.4 Å². The Hall–Kier alpha value is -1.86. The average molecular weight is 235 g/mol. The molecule has 0 atom stereocenters. The second kappa shape index (κ2) is 4.77. The first-order valence-electron chi connectivity index (χ1n) is 4.19. The maximum atomic E-state index is 12.2. The smallest absolute Gasteiger partial charge is 0.434 e. The highest BCUT2D eigenvalue weighted by Gasteiger charge is 2.33. The van der Waals surface area contributed by atoms with Crippen molar-refractivity contribution in [2.75, 3.05) is 12.3 Å². The normalized spacial score (nSPS) is 11.2. The number of aromatic nitrogens is 2. The fourth-order valence-corrected chi connectivity index (χ4v) is 0.961. The summed E-state index contributed by atoms with van der Waals surface area (Å²) in [4.78, 5) is 16.5. The zero-order valence-electron chi connectivity index (χ0n) is 7.99. The van der Waals surface area contributed by atoms with E-state index in [1.54, 1.807) is 0 Å². The third kappa shape index (κ3) is 3.07. The van der Waals surface area contributed by atoms with Gasteiger partial charge in [0.15, 0.2) is 5.69 Å². The number of nitrogen functional groups attached to an aromatic ring is 1. The minimum atomic E-state index is -4.57. The molecule has 0 radical (unpaired) electrons. The molecule has 0 amide bonds. The van der Waals surface area contributed by atoms with Crippen LogP contribution < -0.4 is 5.73 Å². The molecule has 0 saturated carbocycles. The van der Waals surface area contributed by atoms with E-state index in [1.165, 1.54) is 0 Å². The molecule has 0 bridgehead atoms. The third-order valence-corrected chi connectivity index (χ3v) is 1.69. The monoisotopic (exact) mass is 235 g/mol. The van der Waals surface area contributed by atoms with Crippen molar-refractivity contribution in [2.24, 2.45) is 0 Å².